The average molecular weight is 884 g/mol. The van der Waals surface area contributed by atoms with Crippen LogP contribution < -0.4 is 5.32 Å². The zero-order valence-electron chi connectivity index (χ0n) is 36.7. The molecule has 8 fully saturated rings. The molecule has 5 saturated heterocycles. The van der Waals surface area contributed by atoms with E-state index >= 15 is 0 Å². The highest BCUT2D eigenvalue weighted by atomic mass is 16.8. The van der Waals surface area contributed by atoms with Gasteiger partial charge in [0, 0.05) is 12.5 Å². The van der Waals surface area contributed by atoms with E-state index in [-0.39, 0.29) is 22.7 Å². The largest absolute Gasteiger partial charge is 0.394 e. The Balaban J connectivity index is 0.940. The van der Waals surface area contributed by atoms with E-state index < -0.39 is 111 Å². The second-order valence-corrected chi connectivity index (χ2v) is 21.2. The number of nitrogens with one attached hydrogen (secondary N) is 1. The lowest BCUT2D eigenvalue weighted by Crippen LogP contribution is -2.67. The molecule has 1 unspecified atom stereocenters. The number of aliphatic hydroxyl groups is 9. The summed E-state index contributed by atoms with van der Waals surface area (Å²) >= 11 is 0. The first-order valence-corrected chi connectivity index (χ1v) is 23.5. The number of hydrogen-bond donors (Lipinski definition) is 10. The Labute approximate surface area is 364 Å². The van der Waals surface area contributed by atoms with E-state index in [1.54, 1.807) is 0 Å². The second kappa shape index (κ2) is 17.3. The van der Waals surface area contributed by atoms with Crippen molar-refractivity contribution in [2.75, 3.05) is 19.8 Å². The number of rotatable bonds is 8. The van der Waals surface area contributed by atoms with Crippen LogP contribution in [-0.2, 0) is 33.2 Å². The number of allylic oxidation sites excluding steroid dienone is 1. The molecule has 10 N–H and O–H groups in total. The SMILES string of the molecule is C[C@@H]1CC[C@@]2(NC1)OC1C[C@H]3[C@@H]4CC=C5C[C@@H](O[C@@H]6O[C@H](CO)[C@H](O)[C@H](O[C@@H]7O[C@H](CO)[C@@H](O)[C@H](O)[C@H]7O)[C@H]6O[C@@H]6O[C@@H](C)[C@H](O)[C@@H](O)[C@H]6O)CC[C@]5(C)[C@H]4CC[C@]3(C)[C@H]1[C@@H]2C. The lowest BCUT2D eigenvalue weighted by Gasteiger charge is -2.59. The van der Waals surface area contributed by atoms with E-state index in [2.05, 4.69) is 39.1 Å². The third-order valence-electron chi connectivity index (χ3n) is 17.9. The van der Waals surface area contributed by atoms with Gasteiger partial charge in [0.1, 0.15) is 72.9 Å². The van der Waals surface area contributed by atoms with Gasteiger partial charge in [0.2, 0.25) is 0 Å². The van der Waals surface area contributed by atoms with Gasteiger partial charge in [-0.1, -0.05) is 39.3 Å². The maximum atomic E-state index is 11.6. The van der Waals surface area contributed by atoms with Crippen LogP contribution in [0.15, 0.2) is 11.6 Å². The van der Waals surface area contributed by atoms with Crippen molar-refractivity contribution in [3.63, 3.8) is 0 Å². The highest BCUT2D eigenvalue weighted by Gasteiger charge is 2.68. The highest BCUT2D eigenvalue weighted by molar-refractivity contribution is 5.26. The maximum absolute atomic E-state index is 11.6. The van der Waals surface area contributed by atoms with Crippen LogP contribution in [0.4, 0.5) is 0 Å². The molecule has 62 heavy (non-hydrogen) atoms. The zero-order valence-corrected chi connectivity index (χ0v) is 36.7. The molecule has 1 spiro atoms. The number of fused-ring (bicyclic) bond motifs is 7. The Bertz CT molecular complexity index is 1610. The fraction of sp³-hybridized carbons (Fsp3) is 0.956. The minimum absolute atomic E-state index is 0.0361. The van der Waals surface area contributed by atoms with Crippen LogP contribution in [0, 0.1) is 46.3 Å². The minimum atomic E-state index is -1.84. The third-order valence-corrected chi connectivity index (χ3v) is 17.9. The van der Waals surface area contributed by atoms with Crippen LogP contribution in [-0.4, -0.2) is 176 Å². The Kier molecular flexibility index (Phi) is 12.9. The average Bonchev–Trinajstić information content (AvgIpc) is 3.70. The molecule has 0 aromatic heterocycles. The van der Waals surface area contributed by atoms with Gasteiger partial charge in [-0.25, -0.2) is 0 Å². The Hall–Kier alpha value is -0.940. The summed E-state index contributed by atoms with van der Waals surface area (Å²) in [6.07, 6.45) is -11.9. The molecule has 0 aromatic rings. The van der Waals surface area contributed by atoms with Crippen LogP contribution in [0.3, 0.4) is 0 Å². The van der Waals surface area contributed by atoms with Crippen LogP contribution in [0.2, 0.25) is 0 Å². The summed E-state index contributed by atoms with van der Waals surface area (Å²) in [6.45, 7) is 10.8. The second-order valence-electron chi connectivity index (χ2n) is 21.2. The van der Waals surface area contributed by atoms with Crippen molar-refractivity contribution in [3.05, 3.63) is 11.6 Å². The summed E-state index contributed by atoms with van der Waals surface area (Å²) in [4.78, 5) is 0. The molecule has 9 aliphatic rings. The van der Waals surface area contributed by atoms with Crippen molar-refractivity contribution >= 4 is 0 Å². The summed E-state index contributed by atoms with van der Waals surface area (Å²) in [5.74, 6) is 3.32. The van der Waals surface area contributed by atoms with E-state index in [0.717, 1.165) is 38.6 Å². The maximum Gasteiger partial charge on any atom is 0.187 e. The molecule has 0 bridgehead atoms. The summed E-state index contributed by atoms with van der Waals surface area (Å²) < 4.78 is 43.9. The van der Waals surface area contributed by atoms with Crippen LogP contribution >= 0.6 is 0 Å². The van der Waals surface area contributed by atoms with Crippen LogP contribution in [0.1, 0.15) is 92.4 Å². The molecule has 354 valence electrons. The molecule has 17 heteroatoms. The highest BCUT2D eigenvalue weighted by Crippen LogP contribution is 2.70. The van der Waals surface area contributed by atoms with Gasteiger partial charge in [-0.3, -0.25) is 5.32 Å². The minimum Gasteiger partial charge on any atom is -0.394 e. The summed E-state index contributed by atoms with van der Waals surface area (Å²) in [5.41, 5.74) is 1.32. The van der Waals surface area contributed by atoms with Gasteiger partial charge < -0.3 is 79.1 Å². The van der Waals surface area contributed by atoms with Gasteiger partial charge in [0.15, 0.2) is 18.9 Å². The fourth-order valence-electron chi connectivity index (χ4n) is 14.2. The predicted octanol–water partition coefficient (Wildman–Crippen LogP) is -0.213. The van der Waals surface area contributed by atoms with Crippen molar-refractivity contribution in [2.45, 2.75) is 202 Å². The van der Waals surface area contributed by atoms with Gasteiger partial charge >= 0.3 is 0 Å². The number of ether oxygens (including phenoxy) is 7. The molecular formula is C45H73NO16. The van der Waals surface area contributed by atoms with Crippen molar-refractivity contribution < 1.29 is 79.1 Å². The molecule has 5 aliphatic heterocycles. The van der Waals surface area contributed by atoms with Gasteiger partial charge in [0.25, 0.3) is 0 Å². The fourth-order valence-corrected chi connectivity index (χ4v) is 14.2. The van der Waals surface area contributed by atoms with Gasteiger partial charge in [-0.15, -0.1) is 0 Å². The molecule has 0 radical (unpaired) electrons. The van der Waals surface area contributed by atoms with E-state index in [0.29, 0.717) is 48.3 Å². The lowest BCUT2D eigenvalue weighted by atomic mass is 9.47. The smallest absolute Gasteiger partial charge is 0.187 e. The first-order chi connectivity index (χ1) is 29.4. The number of aliphatic hydroxyl groups excluding tert-OH is 9. The number of piperidine rings is 1. The van der Waals surface area contributed by atoms with Gasteiger partial charge in [-0.2, -0.15) is 0 Å². The monoisotopic (exact) mass is 883 g/mol. The van der Waals surface area contributed by atoms with Crippen LogP contribution in [0.25, 0.3) is 0 Å². The molecule has 0 amide bonds. The first-order valence-electron chi connectivity index (χ1n) is 23.5. The zero-order chi connectivity index (χ0) is 44.2. The summed E-state index contributed by atoms with van der Waals surface area (Å²) in [7, 11) is 0. The standard InChI is InChI=1S/C45H73NO16/c1-19-8-13-45(46-16-19)20(2)30-27(62-45)15-26-24-7-6-22-14-23(9-11-43(22,4)25(24)10-12-44(26,30)5)57-42-39(61-40-36(54)34(52)31(49)21(3)56-40)38(33(51)29(18-48)59-42)60-41-37(55)35(53)32(50)28(17-47)58-41/h6,19-21,23-42,46-55H,7-18H2,1-5H3/t19-,20+,21+,23+,24-,25+,26+,27?,28-,29-,30+,31+,32-,33+,34-,35+,36-,37-,38+,39-,40+,41+,42-,43+,44+,45-/m1/s1. The Morgan fingerprint density at radius 3 is 2.05 bits per heavy atom. The molecule has 26 atom stereocenters. The Morgan fingerprint density at radius 1 is 0.694 bits per heavy atom. The topological polar surface area (TPSA) is 259 Å². The predicted molar refractivity (Wildman–Crippen MR) is 216 cm³/mol. The van der Waals surface area contributed by atoms with E-state index in [4.69, 9.17) is 33.2 Å². The normalized spacial score (nSPS) is 57.6. The first kappa shape index (κ1) is 46.2. The molecule has 3 saturated carbocycles. The molecule has 0 aromatic carbocycles. The van der Waals surface area contributed by atoms with E-state index in [1.165, 1.54) is 25.3 Å². The molecule has 4 aliphatic carbocycles. The number of hydrogen-bond acceptors (Lipinski definition) is 17. The summed E-state index contributed by atoms with van der Waals surface area (Å²) in [5, 5.41) is 99.7. The van der Waals surface area contributed by atoms with E-state index in [1.807, 2.05) is 0 Å². The van der Waals surface area contributed by atoms with Crippen molar-refractivity contribution in [1.82, 2.24) is 5.32 Å². The van der Waals surface area contributed by atoms with Crippen molar-refractivity contribution in [2.24, 2.45) is 46.3 Å². The third kappa shape index (κ3) is 7.49. The molecular weight excluding hydrogens is 810 g/mol. The Morgan fingerprint density at radius 2 is 1.35 bits per heavy atom. The van der Waals surface area contributed by atoms with Gasteiger partial charge in [-0.05, 0) is 105 Å². The lowest BCUT2D eigenvalue weighted by molar-refractivity contribution is -0.394. The molecule has 5 heterocycles. The molecule has 17 nitrogen and oxygen atoms in total. The van der Waals surface area contributed by atoms with Crippen molar-refractivity contribution in [3.8, 4) is 0 Å². The van der Waals surface area contributed by atoms with Crippen molar-refractivity contribution in [1.29, 1.82) is 0 Å². The van der Waals surface area contributed by atoms with Crippen LogP contribution in [0.5, 0.6) is 0 Å². The van der Waals surface area contributed by atoms with E-state index in [9.17, 15) is 46.0 Å². The summed E-state index contributed by atoms with van der Waals surface area (Å²) in [6, 6.07) is 0. The van der Waals surface area contributed by atoms with Gasteiger partial charge in [0.05, 0.1) is 31.5 Å². The quantitative estimate of drug-likeness (QED) is 0.142. The molecule has 9 rings (SSSR count).